The van der Waals surface area contributed by atoms with Gasteiger partial charge in [0, 0.05) is 28.9 Å². The Morgan fingerprint density at radius 1 is 1.34 bits per heavy atom. The molecule has 0 spiro atoms. The average molecular weight is 447 g/mol. The zero-order valence-corrected chi connectivity index (χ0v) is 17.7. The Kier molecular flexibility index (Phi) is 6.19. The number of amides is 1. The highest BCUT2D eigenvalue weighted by Crippen LogP contribution is 2.30. The fourth-order valence-corrected chi connectivity index (χ4v) is 5.22. The molecule has 1 amide bonds. The lowest BCUT2D eigenvalue weighted by molar-refractivity contribution is -0.124. The number of aliphatic imine (C=N–C) groups is 1. The lowest BCUT2D eigenvalue weighted by atomic mass is 10.2. The number of carbonyl (C=O) groups excluding carboxylic acids is 1. The minimum absolute atomic E-state index is 0.0338. The van der Waals surface area contributed by atoms with Crippen LogP contribution < -0.4 is 21.7 Å². The second kappa shape index (κ2) is 9.00. The van der Waals surface area contributed by atoms with Crippen LogP contribution in [0.15, 0.2) is 57.9 Å². The first-order valence-corrected chi connectivity index (χ1v) is 11.1. The molecule has 2 atom stereocenters. The van der Waals surface area contributed by atoms with E-state index in [0.717, 1.165) is 20.2 Å². The third kappa shape index (κ3) is 5.39. The Balaban J connectivity index is 1.36. The summed E-state index contributed by atoms with van der Waals surface area (Å²) in [5.74, 6) is 0.827. The van der Waals surface area contributed by atoms with Crippen molar-refractivity contribution in [3.8, 4) is 0 Å². The van der Waals surface area contributed by atoms with Crippen LogP contribution in [-0.2, 0) is 4.79 Å². The van der Waals surface area contributed by atoms with Crippen molar-refractivity contribution < 1.29 is 4.79 Å². The lowest BCUT2D eigenvalue weighted by Gasteiger charge is -2.29. The summed E-state index contributed by atoms with van der Waals surface area (Å²) in [4.78, 5) is 21.0. The molecule has 1 aliphatic rings. The smallest absolute Gasteiger partial charge is 0.224 e. The van der Waals surface area contributed by atoms with Crippen molar-refractivity contribution >= 4 is 62.5 Å². The minimum atomic E-state index is -0.594. The molecule has 29 heavy (non-hydrogen) atoms. The van der Waals surface area contributed by atoms with Crippen molar-refractivity contribution in [2.24, 2.45) is 10.7 Å². The van der Waals surface area contributed by atoms with E-state index < -0.39 is 6.29 Å². The zero-order chi connectivity index (χ0) is 20.2. The van der Waals surface area contributed by atoms with Gasteiger partial charge in [0.15, 0.2) is 16.6 Å². The molecule has 2 unspecified atom stereocenters. The van der Waals surface area contributed by atoms with E-state index in [1.54, 1.807) is 35.2 Å². The van der Waals surface area contributed by atoms with Crippen LogP contribution in [0.25, 0.3) is 10.2 Å². The SMILES string of the molecule is N/C(=N\C1NC(=O)CC(CSc2nc3ccccc3s2)N1)Nc1cccc(Cl)c1. The van der Waals surface area contributed by atoms with E-state index in [1.165, 1.54) is 0 Å². The summed E-state index contributed by atoms with van der Waals surface area (Å²) < 4.78 is 2.15. The van der Waals surface area contributed by atoms with E-state index in [9.17, 15) is 4.79 Å². The second-order valence-electron chi connectivity index (χ2n) is 6.45. The van der Waals surface area contributed by atoms with Crippen molar-refractivity contribution in [3.05, 3.63) is 53.6 Å². The number of fused-ring (bicyclic) bond motifs is 1. The maximum Gasteiger partial charge on any atom is 0.224 e. The molecule has 3 aromatic rings. The number of hydrogen-bond acceptors (Lipinski definition) is 6. The molecule has 4 rings (SSSR count). The fourth-order valence-electron chi connectivity index (χ4n) is 2.91. The van der Waals surface area contributed by atoms with Crippen LogP contribution >= 0.6 is 34.7 Å². The number of anilines is 1. The molecule has 1 aliphatic heterocycles. The first-order valence-electron chi connectivity index (χ1n) is 8.95. The Labute approximate surface area is 181 Å². The van der Waals surface area contributed by atoms with Crippen molar-refractivity contribution in [1.82, 2.24) is 15.6 Å². The Hall–Kier alpha value is -2.33. The van der Waals surface area contributed by atoms with Gasteiger partial charge in [0.2, 0.25) is 5.91 Å². The maximum atomic E-state index is 12.1. The van der Waals surface area contributed by atoms with Gasteiger partial charge in [0.25, 0.3) is 0 Å². The predicted molar refractivity (Wildman–Crippen MR) is 121 cm³/mol. The van der Waals surface area contributed by atoms with Crippen LogP contribution in [-0.4, -0.2) is 34.9 Å². The first-order chi connectivity index (χ1) is 14.0. The average Bonchev–Trinajstić information content (AvgIpc) is 3.09. The van der Waals surface area contributed by atoms with Gasteiger partial charge in [-0.05, 0) is 30.3 Å². The summed E-state index contributed by atoms with van der Waals surface area (Å²) in [7, 11) is 0. The van der Waals surface area contributed by atoms with Gasteiger partial charge in [-0.25, -0.2) is 9.98 Å². The van der Waals surface area contributed by atoms with Crippen LogP contribution in [0.1, 0.15) is 6.42 Å². The van der Waals surface area contributed by atoms with Crippen LogP contribution in [0.2, 0.25) is 5.02 Å². The maximum absolute atomic E-state index is 12.1. The molecular formula is C19H19ClN6OS2. The number of hydrogen-bond donors (Lipinski definition) is 4. The largest absolute Gasteiger partial charge is 0.370 e. The van der Waals surface area contributed by atoms with Gasteiger partial charge in [-0.3, -0.25) is 10.1 Å². The van der Waals surface area contributed by atoms with E-state index in [4.69, 9.17) is 17.3 Å². The van der Waals surface area contributed by atoms with Gasteiger partial charge in [-0.1, -0.05) is 41.6 Å². The van der Waals surface area contributed by atoms with E-state index >= 15 is 0 Å². The van der Waals surface area contributed by atoms with Crippen LogP contribution in [0.4, 0.5) is 5.69 Å². The topological polar surface area (TPSA) is 104 Å². The standard InChI is InChI=1S/C19H19ClN6OS2/c20-11-4-3-5-12(8-11)22-17(21)26-18-23-13(9-16(27)25-18)10-28-19-24-14-6-1-2-7-15(14)29-19/h1-8,13,18,23H,9-10H2,(H,25,27)(H3,21,22,26). The number of nitrogens with two attached hydrogens (primary N) is 1. The number of nitrogens with one attached hydrogen (secondary N) is 3. The predicted octanol–water partition coefficient (Wildman–Crippen LogP) is 3.23. The Morgan fingerprint density at radius 3 is 3.03 bits per heavy atom. The molecule has 0 saturated carbocycles. The molecular weight excluding hydrogens is 428 g/mol. The van der Waals surface area contributed by atoms with Gasteiger partial charge in [-0.15, -0.1) is 11.3 Å². The molecule has 0 aliphatic carbocycles. The number of nitrogens with zero attached hydrogens (tertiary/aromatic N) is 2. The first kappa shape index (κ1) is 20.0. The number of halogens is 1. The lowest BCUT2D eigenvalue weighted by Crippen LogP contribution is -2.57. The molecule has 7 nitrogen and oxygen atoms in total. The van der Waals surface area contributed by atoms with Crippen molar-refractivity contribution in [2.45, 2.75) is 23.1 Å². The molecule has 150 valence electrons. The van der Waals surface area contributed by atoms with Gasteiger partial charge in [-0.2, -0.15) is 0 Å². The van der Waals surface area contributed by atoms with Gasteiger partial charge in [0.1, 0.15) is 0 Å². The number of thioether (sulfide) groups is 1. The van der Waals surface area contributed by atoms with Gasteiger partial charge in [0.05, 0.1) is 10.2 Å². The van der Waals surface area contributed by atoms with Crippen molar-refractivity contribution in [3.63, 3.8) is 0 Å². The Bertz CT molecular complexity index is 1020. The summed E-state index contributed by atoms with van der Waals surface area (Å²) in [5, 5.41) is 9.66. The molecule has 1 fully saturated rings. The van der Waals surface area contributed by atoms with Crippen molar-refractivity contribution in [2.75, 3.05) is 11.1 Å². The molecule has 1 saturated heterocycles. The number of guanidine groups is 1. The number of carbonyl (C=O) groups is 1. The van der Waals surface area contributed by atoms with Crippen molar-refractivity contribution in [1.29, 1.82) is 0 Å². The van der Waals surface area contributed by atoms with Crippen LogP contribution in [0.3, 0.4) is 0 Å². The minimum Gasteiger partial charge on any atom is -0.370 e. The normalized spacial score (nSPS) is 19.9. The van der Waals surface area contributed by atoms with Crippen LogP contribution in [0.5, 0.6) is 0 Å². The van der Waals surface area contributed by atoms with Crippen LogP contribution in [0, 0.1) is 0 Å². The summed E-state index contributed by atoms with van der Waals surface area (Å²) in [5.41, 5.74) is 7.70. The fraction of sp³-hybridized carbons (Fsp3) is 0.211. The number of benzene rings is 2. The third-order valence-corrected chi connectivity index (χ3v) is 6.75. The summed E-state index contributed by atoms with van der Waals surface area (Å²) >= 11 is 9.26. The van der Waals surface area contributed by atoms with E-state index in [-0.39, 0.29) is 17.9 Å². The second-order valence-corrected chi connectivity index (χ2v) is 9.18. The number of rotatable bonds is 5. The van der Waals surface area contributed by atoms with Gasteiger partial charge >= 0.3 is 0 Å². The number of para-hydroxylation sites is 1. The highest BCUT2D eigenvalue weighted by molar-refractivity contribution is 8.01. The summed E-state index contributed by atoms with van der Waals surface area (Å²) in [6.45, 7) is 0. The molecule has 2 heterocycles. The van der Waals surface area contributed by atoms with Gasteiger partial charge < -0.3 is 16.4 Å². The quantitative estimate of drug-likeness (QED) is 0.272. The third-order valence-electron chi connectivity index (χ3n) is 4.17. The van der Waals surface area contributed by atoms with E-state index in [1.807, 2.05) is 30.3 Å². The number of thiazole rings is 1. The molecule has 5 N–H and O–H groups in total. The molecule has 10 heteroatoms. The highest BCUT2D eigenvalue weighted by Gasteiger charge is 2.26. The Morgan fingerprint density at radius 2 is 2.21 bits per heavy atom. The number of aromatic nitrogens is 1. The zero-order valence-electron chi connectivity index (χ0n) is 15.3. The summed E-state index contributed by atoms with van der Waals surface area (Å²) in [6.07, 6.45) is -0.213. The molecule has 2 aromatic carbocycles. The molecule has 1 aromatic heterocycles. The van der Waals surface area contributed by atoms with E-state index in [2.05, 4.69) is 32.0 Å². The molecule has 0 bridgehead atoms. The molecule has 0 radical (unpaired) electrons. The van der Waals surface area contributed by atoms with E-state index in [0.29, 0.717) is 17.2 Å². The summed E-state index contributed by atoms with van der Waals surface area (Å²) in [6, 6.07) is 15.2. The monoisotopic (exact) mass is 446 g/mol. The highest BCUT2D eigenvalue weighted by atomic mass is 35.5.